The number of nitrogens with zero attached hydrogens (tertiary/aromatic N) is 4. The maximum Gasteiger partial charge on any atom is 0.141 e. The van der Waals surface area contributed by atoms with E-state index >= 15 is 8.78 Å². The summed E-state index contributed by atoms with van der Waals surface area (Å²) < 4.78 is 33.2. The van der Waals surface area contributed by atoms with Gasteiger partial charge in [0.25, 0.3) is 0 Å². The van der Waals surface area contributed by atoms with Gasteiger partial charge in [-0.15, -0.1) is 0 Å². The van der Waals surface area contributed by atoms with Gasteiger partial charge in [0.05, 0.1) is 10.4 Å². The van der Waals surface area contributed by atoms with E-state index in [0.29, 0.717) is 0 Å². The number of hydrogen-bond acceptors (Lipinski definition) is 4. The number of hydrogen-bond donors (Lipinski definition) is 0. The summed E-state index contributed by atoms with van der Waals surface area (Å²) in [5.74, 6) is -2.14. The molecule has 0 atom stereocenters. The van der Waals surface area contributed by atoms with Crippen molar-refractivity contribution < 1.29 is 8.78 Å². The number of fused-ring (bicyclic) bond motifs is 2. The molecule has 0 N–H and O–H groups in total. The van der Waals surface area contributed by atoms with Gasteiger partial charge in [-0.2, -0.15) is 21.0 Å². The van der Waals surface area contributed by atoms with E-state index in [1.165, 1.54) is 0 Å². The molecular formula is C32H14F2N4. The fourth-order valence-electron chi connectivity index (χ4n) is 4.66. The first kappa shape index (κ1) is 23.9. The number of rotatable bonds is 2. The summed E-state index contributed by atoms with van der Waals surface area (Å²) in [5, 5.41) is 40.9. The summed E-state index contributed by atoms with van der Waals surface area (Å²) in [6.07, 6.45) is 0. The first-order valence-corrected chi connectivity index (χ1v) is 11.4. The minimum Gasteiger partial charge on any atom is -0.206 e. The van der Waals surface area contributed by atoms with Crippen molar-refractivity contribution in [1.29, 1.82) is 21.0 Å². The first-order valence-electron chi connectivity index (χ1n) is 11.4. The molecule has 0 heterocycles. The van der Waals surface area contributed by atoms with Crippen LogP contribution >= 0.6 is 0 Å². The summed E-state index contributed by atoms with van der Waals surface area (Å²) >= 11 is 0. The molecule has 0 aliphatic carbocycles. The van der Waals surface area contributed by atoms with Crippen LogP contribution in [-0.2, 0) is 0 Å². The van der Waals surface area contributed by atoms with Gasteiger partial charge in [-0.1, -0.05) is 72.8 Å². The van der Waals surface area contributed by atoms with Crippen LogP contribution in [0.4, 0.5) is 8.78 Å². The molecule has 0 spiro atoms. The maximum absolute atomic E-state index is 16.6. The van der Waals surface area contributed by atoms with Crippen molar-refractivity contribution in [1.82, 2.24) is 0 Å². The number of nitriles is 4. The van der Waals surface area contributed by atoms with Crippen LogP contribution in [0.3, 0.4) is 0 Å². The van der Waals surface area contributed by atoms with E-state index in [1.54, 1.807) is 84.9 Å². The highest BCUT2D eigenvalue weighted by Gasteiger charge is 2.24. The molecule has 0 unspecified atom stereocenters. The van der Waals surface area contributed by atoms with Gasteiger partial charge in [-0.3, -0.25) is 0 Å². The molecule has 0 radical (unpaired) electrons. The van der Waals surface area contributed by atoms with Gasteiger partial charge in [-0.25, -0.2) is 8.78 Å². The highest BCUT2D eigenvalue weighted by atomic mass is 19.1. The molecule has 176 valence electrons. The van der Waals surface area contributed by atoms with Crippen molar-refractivity contribution in [2.24, 2.45) is 0 Å². The van der Waals surface area contributed by atoms with E-state index in [9.17, 15) is 21.0 Å². The predicted octanol–water partition coefficient (Wildman–Crippen LogP) is 6.00. The lowest BCUT2D eigenvalue weighted by atomic mass is 9.89. The Morgan fingerprint density at radius 3 is 1.16 bits per heavy atom. The Kier molecular flexibility index (Phi) is 6.08. The zero-order valence-corrected chi connectivity index (χ0v) is 19.6. The van der Waals surface area contributed by atoms with Crippen molar-refractivity contribution in [3.8, 4) is 46.5 Å². The molecular weight excluding hydrogens is 478 g/mol. The van der Waals surface area contributed by atoms with Crippen molar-refractivity contribution in [2.45, 2.75) is 0 Å². The smallest absolute Gasteiger partial charge is 0.141 e. The fourth-order valence-corrected chi connectivity index (χ4v) is 4.66. The van der Waals surface area contributed by atoms with E-state index in [4.69, 9.17) is 0 Å². The zero-order chi connectivity index (χ0) is 26.8. The molecule has 0 saturated carbocycles. The van der Waals surface area contributed by atoms with Crippen LogP contribution in [0, 0.1) is 57.0 Å². The standard InChI is InChI=1S/C32H14F2N4/c33-31-27(23-11-9-19-5-1-3-7-21(19)13-23)29(25(15-35)16-36)32(34)28(30(31)26(17-37)18-38)24-12-10-20-6-2-4-8-22(20)14-24/h1-14H. The van der Waals surface area contributed by atoms with Crippen LogP contribution in [0.5, 0.6) is 0 Å². The molecule has 38 heavy (non-hydrogen) atoms. The van der Waals surface area contributed by atoms with Gasteiger partial charge in [-0.05, 0) is 44.8 Å². The summed E-state index contributed by atoms with van der Waals surface area (Å²) in [6, 6.07) is 31.0. The Morgan fingerprint density at radius 1 is 0.474 bits per heavy atom. The molecule has 5 aromatic carbocycles. The van der Waals surface area contributed by atoms with Crippen LogP contribution in [0.2, 0.25) is 0 Å². The summed E-state index contributed by atoms with van der Waals surface area (Å²) in [7, 11) is 0. The monoisotopic (exact) mass is 492 g/mol. The lowest BCUT2D eigenvalue weighted by Gasteiger charge is -2.14. The molecule has 0 aromatic heterocycles. The molecule has 6 heteroatoms. The SMILES string of the molecule is N#CC(C#N)=c1c(F)c(-c2ccc3ccccc3c2)c(=C(C#N)C#N)c(F)c1-c1ccc2ccccc2c1. The third kappa shape index (κ3) is 3.81. The third-order valence-corrected chi connectivity index (χ3v) is 6.40. The second-order valence-electron chi connectivity index (χ2n) is 8.45. The Labute approximate surface area is 216 Å². The van der Waals surface area contributed by atoms with Gasteiger partial charge in [0.1, 0.15) is 47.1 Å². The van der Waals surface area contributed by atoms with Crippen molar-refractivity contribution >= 4 is 32.7 Å². The third-order valence-electron chi connectivity index (χ3n) is 6.40. The average molecular weight is 492 g/mol. The van der Waals surface area contributed by atoms with Crippen molar-refractivity contribution in [3.05, 3.63) is 107 Å². The lowest BCUT2D eigenvalue weighted by Crippen LogP contribution is -2.28. The molecule has 0 amide bonds. The highest BCUT2D eigenvalue weighted by Crippen LogP contribution is 2.29. The van der Waals surface area contributed by atoms with Crippen LogP contribution in [0.15, 0.2) is 84.9 Å². The van der Waals surface area contributed by atoms with Gasteiger partial charge in [0.2, 0.25) is 0 Å². The Hall–Kier alpha value is -5.82. The van der Waals surface area contributed by atoms with E-state index in [0.717, 1.165) is 21.5 Å². The minimum absolute atomic E-state index is 0.194. The van der Waals surface area contributed by atoms with Gasteiger partial charge >= 0.3 is 0 Å². The number of halogens is 2. The molecule has 0 bridgehead atoms. The van der Waals surface area contributed by atoms with Crippen LogP contribution in [0.1, 0.15) is 0 Å². The molecule has 0 fully saturated rings. The quantitative estimate of drug-likeness (QED) is 0.302. The Balaban J connectivity index is 2.05. The average Bonchev–Trinajstić information content (AvgIpc) is 2.96. The summed E-state index contributed by atoms with van der Waals surface area (Å²) in [6.45, 7) is 0. The van der Waals surface area contributed by atoms with Crippen LogP contribution in [0.25, 0.3) is 54.9 Å². The Morgan fingerprint density at radius 2 is 0.816 bits per heavy atom. The highest BCUT2D eigenvalue weighted by molar-refractivity contribution is 5.92. The lowest BCUT2D eigenvalue weighted by molar-refractivity contribution is 0.592. The molecule has 5 rings (SSSR count). The number of benzene rings is 5. The second-order valence-corrected chi connectivity index (χ2v) is 8.45. The summed E-state index contributed by atoms with van der Waals surface area (Å²) in [5.41, 5.74) is -1.61. The molecule has 4 nitrogen and oxygen atoms in total. The molecule has 0 aliphatic rings. The van der Waals surface area contributed by atoms with Crippen molar-refractivity contribution in [3.63, 3.8) is 0 Å². The van der Waals surface area contributed by atoms with Crippen LogP contribution < -0.4 is 10.4 Å². The first-order chi connectivity index (χ1) is 18.5. The molecule has 0 saturated heterocycles. The minimum atomic E-state index is -1.07. The molecule has 0 aliphatic heterocycles. The van der Waals surface area contributed by atoms with Gasteiger partial charge < -0.3 is 0 Å². The van der Waals surface area contributed by atoms with E-state index < -0.39 is 33.2 Å². The predicted molar refractivity (Wildman–Crippen MR) is 141 cm³/mol. The maximum atomic E-state index is 16.6. The Bertz CT molecular complexity index is 1910. The van der Waals surface area contributed by atoms with Gasteiger partial charge in [0.15, 0.2) is 0 Å². The van der Waals surface area contributed by atoms with Crippen LogP contribution in [-0.4, -0.2) is 0 Å². The summed E-state index contributed by atoms with van der Waals surface area (Å²) in [4.78, 5) is 0. The second kappa shape index (κ2) is 9.67. The fraction of sp³-hybridized carbons (Fsp3) is 0. The topological polar surface area (TPSA) is 95.2 Å². The normalized spacial score (nSPS) is 10.3. The van der Waals surface area contributed by atoms with E-state index in [1.807, 2.05) is 24.3 Å². The van der Waals surface area contributed by atoms with E-state index in [-0.39, 0.29) is 22.3 Å². The van der Waals surface area contributed by atoms with Crippen molar-refractivity contribution in [2.75, 3.05) is 0 Å². The van der Waals surface area contributed by atoms with Gasteiger partial charge in [0, 0.05) is 11.1 Å². The van der Waals surface area contributed by atoms with E-state index in [2.05, 4.69) is 0 Å². The molecule has 5 aromatic rings. The largest absolute Gasteiger partial charge is 0.206 e. The zero-order valence-electron chi connectivity index (χ0n) is 19.6.